The maximum atomic E-state index is 12.3. The fraction of sp³-hybridized carbons (Fsp3) is 0.391. The van der Waals surface area contributed by atoms with E-state index in [4.69, 9.17) is 0 Å². The Bertz CT molecular complexity index is 824. The molecule has 0 aliphatic carbocycles. The Kier molecular flexibility index (Phi) is 6.69. The van der Waals surface area contributed by atoms with Crippen LogP contribution in [0.15, 0.2) is 42.5 Å². The van der Waals surface area contributed by atoms with Gasteiger partial charge in [-0.3, -0.25) is 9.59 Å². The van der Waals surface area contributed by atoms with Crippen LogP contribution in [0.3, 0.4) is 0 Å². The Morgan fingerprint density at radius 1 is 0.964 bits per heavy atom. The number of carbonyl (C=O) groups excluding carboxylic acids is 2. The predicted octanol–water partition coefficient (Wildman–Crippen LogP) is 4.05. The van der Waals surface area contributed by atoms with E-state index in [2.05, 4.69) is 15.5 Å². The highest BCUT2D eigenvalue weighted by atomic mass is 16.2. The van der Waals surface area contributed by atoms with Crippen LogP contribution in [0.2, 0.25) is 0 Å². The molecule has 1 heterocycles. The smallest absolute Gasteiger partial charge is 0.251 e. The van der Waals surface area contributed by atoms with Gasteiger partial charge in [-0.2, -0.15) is 0 Å². The van der Waals surface area contributed by atoms with Crippen LogP contribution < -0.4 is 15.5 Å². The van der Waals surface area contributed by atoms with Crippen molar-refractivity contribution in [2.24, 2.45) is 0 Å². The molecule has 1 fully saturated rings. The van der Waals surface area contributed by atoms with Gasteiger partial charge in [0.25, 0.3) is 5.91 Å². The number of aryl methyl sites for hydroxylation is 2. The summed E-state index contributed by atoms with van der Waals surface area (Å²) in [6.07, 6.45) is 4.00. The molecule has 2 N–H and O–H groups in total. The summed E-state index contributed by atoms with van der Waals surface area (Å²) in [7, 11) is 0. The van der Waals surface area contributed by atoms with Gasteiger partial charge in [0, 0.05) is 43.0 Å². The highest BCUT2D eigenvalue weighted by Gasteiger charge is 2.12. The quantitative estimate of drug-likeness (QED) is 0.796. The van der Waals surface area contributed by atoms with Gasteiger partial charge in [-0.05, 0) is 69.0 Å². The Balaban J connectivity index is 1.45. The van der Waals surface area contributed by atoms with Crippen molar-refractivity contribution in [2.75, 3.05) is 29.9 Å². The second kappa shape index (κ2) is 9.40. The molecule has 1 aliphatic heterocycles. The summed E-state index contributed by atoms with van der Waals surface area (Å²) < 4.78 is 0. The lowest BCUT2D eigenvalue weighted by atomic mass is 10.1. The van der Waals surface area contributed by atoms with Crippen LogP contribution in [0, 0.1) is 13.8 Å². The summed E-state index contributed by atoms with van der Waals surface area (Å²) >= 11 is 0. The first kappa shape index (κ1) is 19.9. The van der Waals surface area contributed by atoms with Gasteiger partial charge < -0.3 is 15.5 Å². The number of rotatable bonds is 6. The number of benzene rings is 2. The van der Waals surface area contributed by atoms with Gasteiger partial charge in [0.2, 0.25) is 5.91 Å². The van der Waals surface area contributed by atoms with E-state index in [0.717, 1.165) is 29.9 Å². The summed E-state index contributed by atoms with van der Waals surface area (Å²) in [5.74, 6) is -0.253. The van der Waals surface area contributed by atoms with Gasteiger partial charge in [0.05, 0.1) is 0 Å². The van der Waals surface area contributed by atoms with E-state index in [1.165, 1.54) is 24.9 Å². The number of piperidine rings is 1. The summed E-state index contributed by atoms with van der Waals surface area (Å²) in [6.45, 7) is 6.47. The van der Waals surface area contributed by atoms with Gasteiger partial charge in [-0.15, -0.1) is 0 Å². The average molecular weight is 380 g/mol. The predicted molar refractivity (Wildman–Crippen MR) is 114 cm³/mol. The summed E-state index contributed by atoms with van der Waals surface area (Å²) in [4.78, 5) is 26.8. The van der Waals surface area contributed by atoms with Crippen LogP contribution in [-0.4, -0.2) is 31.4 Å². The van der Waals surface area contributed by atoms with Crippen molar-refractivity contribution in [2.45, 2.75) is 39.5 Å². The van der Waals surface area contributed by atoms with Crippen molar-refractivity contribution < 1.29 is 9.59 Å². The Hall–Kier alpha value is -2.82. The van der Waals surface area contributed by atoms with Crippen LogP contribution in [-0.2, 0) is 4.79 Å². The topological polar surface area (TPSA) is 61.4 Å². The number of hydrogen-bond acceptors (Lipinski definition) is 3. The zero-order valence-corrected chi connectivity index (χ0v) is 16.8. The second-order valence-electron chi connectivity index (χ2n) is 7.47. The lowest BCUT2D eigenvalue weighted by Crippen LogP contribution is -2.30. The fourth-order valence-electron chi connectivity index (χ4n) is 3.53. The molecular formula is C23H29N3O2. The largest absolute Gasteiger partial charge is 0.372 e. The van der Waals surface area contributed by atoms with Gasteiger partial charge in [-0.1, -0.05) is 17.7 Å². The molecule has 1 saturated heterocycles. The van der Waals surface area contributed by atoms with E-state index in [9.17, 15) is 9.59 Å². The fourth-order valence-corrected chi connectivity index (χ4v) is 3.53. The van der Waals surface area contributed by atoms with Crippen LogP contribution >= 0.6 is 0 Å². The third-order valence-corrected chi connectivity index (χ3v) is 5.14. The highest BCUT2D eigenvalue weighted by molar-refractivity contribution is 5.95. The maximum Gasteiger partial charge on any atom is 0.251 e. The van der Waals surface area contributed by atoms with Crippen molar-refractivity contribution in [1.82, 2.24) is 5.32 Å². The second-order valence-corrected chi connectivity index (χ2v) is 7.47. The van der Waals surface area contributed by atoms with Crippen LogP contribution in [0.4, 0.5) is 11.4 Å². The monoisotopic (exact) mass is 379 g/mol. The number of anilines is 2. The third-order valence-electron chi connectivity index (χ3n) is 5.14. The molecule has 0 spiro atoms. The molecular weight excluding hydrogens is 350 g/mol. The third kappa shape index (κ3) is 5.35. The number of nitrogens with zero attached hydrogens (tertiary/aromatic N) is 1. The number of carbonyl (C=O) groups is 2. The van der Waals surface area contributed by atoms with Crippen molar-refractivity contribution >= 4 is 23.2 Å². The molecule has 5 nitrogen and oxygen atoms in total. The van der Waals surface area contributed by atoms with Crippen molar-refractivity contribution in [3.05, 3.63) is 59.2 Å². The molecule has 0 saturated carbocycles. The first-order chi connectivity index (χ1) is 13.5. The maximum absolute atomic E-state index is 12.3. The highest BCUT2D eigenvalue weighted by Crippen LogP contribution is 2.20. The van der Waals surface area contributed by atoms with Crippen molar-refractivity contribution in [3.8, 4) is 0 Å². The minimum Gasteiger partial charge on any atom is -0.372 e. The molecule has 1 aliphatic rings. The van der Waals surface area contributed by atoms with Crippen molar-refractivity contribution in [3.63, 3.8) is 0 Å². The van der Waals surface area contributed by atoms with Gasteiger partial charge >= 0.3 is 0 Å². The Morgan fingerprint density at radius 3 is 2.36 bits per heavy atom. The first-order valence-electron chi connectivity index (χ1n) is 10.0. The molecule has 2 aromatic carbocycles. The molecule has 2 aromatic rings. The minimum absolute atomic E-state index is 0.104. The number of amides is 2. The van der Waals surface area contributed by atoms with Crippen LogP contribution in [0.5, 0.6) is 0 Å². The molecule has 0 radical (unpaired) electrons. The Labute approximate surface area is 167 Å². The molecule has 0 unspecified atom stereocenters. The van der Waals surface area contributed by atoms with E-state index in [-0.39, 0.29) is 18.2 Å². The van der Waals surface area contributed by atoms with Gasteiger partial charge in [0.15, 0.2) is 0 Å². The molecule has 148 valence electrons. The van der Waals surface area contributed by atoms with Crippen LogP contribution in [0.25, 0.3) is 0 Å². The van der Waals surface area contributed by atoms with E-state index in [1.54, 1.807) is 0 Å². The molecule has 0 aromatic heterocycles. The minimum atomic E-state index is -0.149. The zero-order valence-electron chi connectivity index (χ0n) is 16.8. The summed E-state index contributed by atoms with van der Waals surface area (Å²) in [5.41, 5.74) is 4.80. The molecule has 2 amide bonds. The van der Waals surface area contributed by atoms with E-state index in [1.807, 2.05) is 56.3 Å². The zero-order chi connectivity index (χ0) is 19.9. The Morgan fingerprint density at radius 2 is 1.68 bits per heavy atom. The van der Waals surface area contributed by atoms with Crippen LogP contribution in [0.1, 0.15) is 47.2 Å². The molecule has 3 rings (SSSR count). The normalized spacial score (nSPS) is 13.9. The standard InChI is InChI=1S/C23H29N3O2/c1-17-6-11-21(18(2)16-17)25-22(27)12-13-24-23(28)19-7-9-20(10-8-19)26-14-4-3-5-15-26/h6-11,16H,3-5,12-15H2,1-2H3,(H,24,28)(H,25,27). The molecule has 0 atom stereocenters. The van der Waals surface area contributed by atoms with E-state index >= 15 is 0 Å². The number of hydrogen-bond donors (Lipinski definition) is 2. The average Bonchev–Trinajstić information content (AvgIpc) is 2.71. The molecule has 28 heavy (non-hydrogen) atoms. The lowest BCUT2D eigenvalue weighted by Gasteiger charge is -2.28. The van der Waals surface area contributed by atoms with Gasteiger partial charge in [-0.25, -0.2) is 0 Å². The molecule has 0 bridgehead atoms. The first-order valence-corrected chi connectivity index (χ1v) is 10.0. The lowest BCUT2D eigenvalue weighted by molar-refractivity contribution is -0.116. The summed E-state index contributed by atoms with van der Waals surface area (Å²) in [6, 6.07) is 13.6. The van der Waals surface area contributed by atoms with Gasteiger partial charge in [0.1, 0.15) is 0 Å². The van der Waals surface area contributed by atoms with E-state index in [0.29, 0.717) is 12.1 Å². The van der Waals surface area contributed by atoms with Crippen molar-refractivity contribution in [1.29, 1.82) is 0 Å². The number of nitrogens with one attached hydrogen (secondary N) is 2. The summed E-state index contributed by atoms with van der Waals surface area (Å²) in [5, 5.41) is 5.72. The molecule has 5 heteroatoms. The SMILES string of the molecule is Cc1ccc(NC(=O)CCNC(=O)c2ccc(N3CCCCC3)cc2)c(C)c1. The van der Waals surface area contributed by atoms with E-state index < -0.39 is 0 Å².